The molecule has 0 spiro atoms. The minimum atomic E-state index is -0.320. The number of amides is 1. The van der Waals surface area contributed by atoms with Crippen molar-refractivity contribution in [2.24, 2.45) is 0 Å². The third-order valence-electron chi connectivity index (χ3n) is 3.24. The molecule has 0 aliphatic rings. The molecule has 0 atom stereocenters. The van der Waals surface area contributed by atoms with Crippen LogP contribution >= 0.6 is 11.3 Å². The summed E-state index contributed by atoms with van der Waals surface area (Å²) in [6.45, 7) is 3.86. The Balaban J connectivity index is 1.74. The number of hydrogen-bond donors (Lipinski definition) is 1. The van der Waals surface area contributed by atoms with Crippen LogP contribution in [0.25, 0.3) is 11.3 Å². The maximum Gasteiger partial charge on any atom is 0.279 e. The number of aromatic nitrogens is 2. The topological polar surface area (TPSA) is 68.0 Å². The lowest BCUT2D eigenvalue weighted by molar-refractivity contribution is 0.101. The molecule has 0 radical (unpaired) electrons. The van der Waals surface area contributed by atoms with E-state index in [4.69, 9.17) is 4.52 Å². The van der Waals surface area contributed by atoms with Crippen molar-refractivity contribution in [2.75, 3.05) is 5.32 Å². The Morgan fingerprint density at radius 2 is 2.09 bits per heavy atom. The molecule has 0 aliphatic heterocycles. The maximum atomic E-state index is 12.0. The first-order valence-corrected chi connectivity index (χ1v) is 7.83. The van der Waals surface area contributed by atoms with E-state index in [0.717, 1.165) is 17.7 Å². The molecule has 0 saturated heterocycles. The molecule has 0 unspecified atom stereocenters. The standard InChI is InChI=1S/C16H15N3O2S/c1-3-11-4-6-12(7-5-11)14-9-22-16(17-14)18-15(20)13-8-10(2)21-19-13/h4-9H,3H2,1-2H3,(H,17,18,20). The van der Waals surface area contributed by atoms with Crippen molar-refractivity contribution in [3.05, 3.63) is 52.7 Å². The summed E-state index contributed by atoms with van der Waals surface area (Å²) >= 11 is 1.38. The van der Waals surface area contributed by atoms with Crippen molar-refractivity contribution in [1.82, 2.24) is 10.1 Å². The number of carbonyl (C=O) groups is 1. The van der Waals surface area contributed by atoms with E-state index in [1.165, 1.54) is 16.9 Å². The lowest BCUT2D eigenvalue weighted by atomic mass is 10.1. The zero-order chi connectivity index (χ0) is 15.5. The highest BCUT2D eigenvalue weighted by Gasteiger charge is 2.13. The molecule has 3 rings (SSSR count). The first-order valence-electron chi connectivity index (χ1n) is 6.95. The number of benzene rings is 1. The van der Waals surface area contributed by atoms with Gasteiger partial charge in [0.25, 0.3) is 5.91 Å². The second-order valence-electron chi connectivity index (χ2n) is 4.87. The van der Waals surface area contributed by atoms with Crippen molar-refractivity contribution in [3.8, 4) is 11.3 Å². The van der Waals surface area contributed by atoms with Gasteiger partial charge in [-0.1, -0.05) is 36.3 Å². The van der Waals surface area contributed by atoms with Gasteiger partial charge in [-0.3, -0.25) is 10.1 Å². The van der Waals surface area contributed by atoms with E-state index in [0.29, 0.717) is 10.9 Å². The van der Waals surface area contributed by atoms with Gasteiger partial charge in [0.05, 0.1) is 5.69 Å². The number of aryl methyl sites for hydroxylation is 2. The van der Waals surface area contributed by atoms with Gasteiger partial charge in [0.2, 0.25) is 0 Å². The summed E-state index contributed by atoms with van der Waals surface area (Å²) < 4.78 is 4.89. The molecule has 1 amide bonds. The highest BCUT2D eigenvalue weighted by molar-refractivity contribution is 7.14. The van der Waals surface area contributed by atoms with E-state index in [9.17, 15) is 4.79 Å². The van der Waals surface area contributed by atoms with Crippen molar-refractivity contribution in [3.63, 3.8) is 0 Å². The second kappa shape index (κ2) is 6.11. The van der Waals surface area contributed by atoms with Crippen molar-refractivity contribution < 1.29 is 9.32 Å². The van der Waals surface area contributed by atoms with Crippen LogP contribution < -0.4 is 5.32 Å². The lowest BCUT2D eigenvalue weighted by Crippen LogP contribution is -2.11. The van der Waals surface area contributed by atoms with Crippen molar-refractivity contribution in [2.45, 2.75) is 20.3 Å². The van der Waals surface area contributed by atoms with Crippen LogP contribution in [0.5, 0.6) is 0 Å². The van der Waals surface area contributed by atoms with Crippen LogP contribution in [0.2, 0.25) is 0 Å². The lowest BCUT2D eigenvalue weighted by Gasteiger charge is -1.99. The first-order chi connectivity index (χ1) is 10.7. The smallest absolute Gasteiger partial charge is 0.279 e. The molecule has 1 N–H and O–H groups in total. The zero-order valence-corrected chi connectivity index (χ0v) is 13.1. The monoisotopic (exact) mass is 313 g/mol. The number of nitrogens with one attached hydrogen (secondary N) is 1. The molecule has 112 valence electrons. The van der Waals surface area contributed by atoms with Gasteiger partial charge in [0.1, 0.15) is 5.76 Å². The predicted octanol–water partition coefficient (Wildman–Crippen LogP) is 3.92. The van der Waals surface area contributed by atoms with Gasteiger partial charge in [0.15, 0.2) is 10.8 Å². The third-order valence-corrected chi connectivity index (χ3v) is 4.00. The zero-order valence-electron chi connectivity index (χ0n) is 12.3. The van der Waals surface area contributed by atoms with Crippen LogP contribution in [-0.4, -0.2) is 16.0 Å². The van der Waals surface area contributed by atoms with Crippen molar-refractivity contribution in [1.29, 1.82) is 0 Å². The molecule has 5 nitrogen and oxygen atoms in total. The van der Waals surface area contributed by atoms with E-state index >= 15 is 0 Å². The van der Waals surface area contributed by atoms with E-state index in [-0.39, 0.29) is 11.6 Å². The van der Waals surface area contributed by atoms with Gasteiger partial charge in [-0.15, -0.1) is 11.3 Å². The second-order valence-corrected chi connectivity index (χ2v) is 5.72. The fourth-order valence-corrected chi connectivity index (χ4v) is 2.72. The fraction of sp³-hybridized carbons (Fsp3) is 0.188. The van der Waals surface area contributed by atoms with E-state index in [1.807, 2.05) is 17.5 Å². The Bertz CT molecular complexity index is 790. The van der Waals surface area contributed by atoms with Gasteiger partial charge in [-0.05, 0) is 18.9 Å². The third kappa shape index (κ3) is 3.07. The summed E-state index contributed by atoms with van der Waals surface area (Å²) in [5.41, 5.74) is 3.42. The van der Waals surface area contributed by atoms with Crippen LogP contribution in [0.3, 0.4) is 0 Å². The van der Waals surface area contributed by atoms with Crippen LogP contribution in [0.15, 0.2) is 40.2 Å². The Morgan fingerprint density at radius 1 is 1.32 bits per heavy atom. The average molecular weight is 313 g/mol. The summed E-state index contributed by atoms with van der Waals surface area (Å²) in [5.74, 6) is 0.278. The van der Waals surface area contributed by atoms with Crippen LogP contribution in [0.4, 0.5) is 5.13 Å². The van der Waals surface area contributed by atoms with Crippen LogP contribution in [0, 0.1) is 6.92 Å². The molecule has 1 aromatic carbocycles. The number of rotatable bonds is 4. The molecule has 2 heterocycles. The molecule has 0 saturated carbocycles. The molecule has 0 fully saturated rings. The molecule has 22 heavy (non-hydrogen) atoms. The summed E-state index contributed by atoms with van der Waals surface area (Å²) in [6, 6.07) is 9.85. The molecule has 0 bridgehead atoms. The van der Waals surface area contributed by atoms with Crippen LogP contribution in [-0.2, 0) is 6.42 Å². The molecular formula is C16H15N3O2S. The average Bonchev–Trinajstić information content (AvgIpc) is 3.16. The highest BCUT2D eigenvalue weighted by atomic mass is 32.1. The number of nitrogens with zero attached hydrogens (tertiary/aromatic N) is 2. The minimum Gasteiger partial charge on any atom is -0.361 e. The molecule has 3 aromatic rings. The predicted molar refractivity (Wildman–Crippen MR) is 86.1 cm³/mol. The van der Waals surface area contributed by atoms with Crippen LogP contribution in [0.1, 0.15) is 28.7 Å². The Morgan fingerprint density at radius 3 is 2.73 bits per heavy atom. The summed E-state index contributed by atoms with van der Waals surface area (Å²) in [4.78, 5) is 16.4. The number of anilines is 1. The first kappa shape index (κ1) is 14.5. The largest absolute Gasteiger partial charge is 0.361 e. The van der Waals surface area contributed by atoms with Crippen molar-refractivity contribution >= 4 is 22.4 Å². The molecule has 2 aromatic heterocycles. The maximum absolute atomic E-state index is 12.0. The number of thiazole rings is 1. The Labute approximate surface area is 132 Å². The van der Waals surface area contributed by atoms with E-state index < -0.39 is 0 Å². The summed E-state index contributed by atoms with van der Waals surface area (Å²) in [7, 11) is 0. The Kier molecular flexibility index (Phi) is 4.02. The van der Waals surface area contributed by atoms with Gasteiger partial charge >= 0.3 is 0 Å². The van der Waals surface area contributed by atoms with E-state index in [1.54, 1.807) is 13.0 Å². The highest BCUT2D eigenvalue weighted by Crippen LogP contribution is 2.25. The van der Waals surface area contributed by atoms with Gasteiger partial charge in [-0.25, -0.2) is 4.98 Å². The summed E-state index contributed by atoms with van der Waals surface area (Å²) in [6.07, 6.45) is 1.01. The van der Waals surface area contributed by atoms with Gasteiger partial charge in [0, 0.05) is 17.0 Å². The molecule has 0 aliphatic carbocycles. The number of carbonyl (C=O) groups excluding carboxylic acids is 1. The number of hydrogen-bond acceptors (Lipinski definition) is 5. The molecule has 6 heteroatoms. The quantitative estimate of drug-likeness (QED) is 0.792. The Hall–Kier alpha value is -2.47. The normalized spacial score (nSPS) is 10.6. The van der Waals surface area contributed by atoms with Gasteiger partial charge < -0.3 is 4.52 Å². The fourth-order valence-electron chi connectivity index (χ4n) is 2.01. The van der Waals surface area contributed by atoms with Gasteiger partial charge in [-0.2, -0.15) is 0 Å². The molecular weight excluding hydrogens is 298 g/mol. The minimum absolute atomic E-state index is 0.251. The summed E-state index contributed by atoms with van der Waals surface area (Å²) in [5, 5.41) is 8.88. The van der Waals surface area contributed by atoms with E-state index in [2.05, 4.69) is 34.5 Å². The SMILES string of the molecule is CCc1ccc(-c2csc(NC(=O)c3cc(C)on3)n2)cc1.